The van der Waals surface area contributed by atoms with Crippen LogP contribution in [0.25, 0.3) is 0 Å². The highest BCUT2D eigenvalue weighted by atomic mass is 16.6. The number of hydrogen-bond acceptors (Lipinski definition) is 15. The van der Waals surface area contributed by atoms with E-state index in [9.17, 15) is 39.2 Å². The number of nitrogens with zero attached hydrogens (tertiary/aromatic N) is 3. The molecule has 0 aromatic heterocycles. The maximum absolute atomic E-state index is 16.2. The molecule has 0 unspecified atom stereocenters. The molecular weight excluding hydrogens is 893 g/mol. The number of aliphatic hydroxyl groups excluding tert-OH is 1. The zero-order valence-electron chi connectivity index (χ0n) is 37.1. The van der Waals surface area contributed by atoms with Gasteiger partial charge in [-0.1, -0.05) is 84.6 Å². The van der Waals surface area contributed by atoms with E-state index < -0.39 is 88.8 Å². The number of primary amides is 1. The second-order valence-electron chi connectivity index (χ2n) is 16.3. The normalized spacial score (nSPS) is 21.3. The number of anilines is 1. The van der Waals surface area contributed by atoms with E-state index >= 15 is 4.79 Å². The fourth-order valence-electron chi connectivity index (χ4n) is 9.66. The number of nitro benzene ring substituents is 1. The number of benzene rings is 5. The average Bonchev–Trinajstić information content (AvgIpc) is 3.83. The quantitative estimate of drug-likeness (QED) is 0.0387. The van der Waals surface area contributed by atoms with Crippen molar-refractivity contribution < 1.29 is 62.5 Å². The van der Waals surface area contributed by atoms with Gasteiger partial charge in [0.2, 0.25) is 11.8 Å². The first-order chi connectivity index (χ1) is 33.3. The molecule has 0 aliphatic carbocycles. The number of rotatable bonds is 13. The van der Waals surface area contributed by atoms with Gasteiger partial charge in [-0.3, -0.25) is 39.0 Å². The van der Waals surface area contributed by atoms with Gasteiger partial charge in [-0.05, 0) is 70.3 Å². The molecule has 352 valence electrons. The number of aliphatic hydroxyl groups is 1. The molecule has 3 aliphatic heterocycles. The van der Waals surface area contributed by atoms with Gasteiger partial charge in [-0.15, -0.1) is 0 Å². The summed E-state index contributed by atoms with van der Waals surface area (Å²) < 4.78 is 27.6. The Kier molecular flexibility index (Phi) is 13.5. The molecule has 2 saturated heterocycles. The molecule has 3 heterocycles. The predicted molar refractivity (Wildman–Crippen MR) is 242 cm³/mol. The van der Waals surface area contributed by atoms with Gasteiger partial charge >= 0.3 is 24.0 Å². The zero-order valence-corrected chi connectivity index (χ0v) is 37.1. The molecule has 3 amide bonds. The smallest absolute Gasteiger partial charge is 0.421 e. The van der Waals surface area contributed by atoms with Crippen molar-refractivity contribution in [2.75, 3.05) is 32.3 Å². The van der Waals surface area contributed by atoms with Crippen LogP contribution in [0.2, 0.25) is 0 Å². The summed E-state index contributed by atoms with van der Waals surface area (Å²) in [5.74, 6) is -1.87. The average molecular weight is 937 g/mol. The molecule has 5 aromatic rings. The summed E-state index contributed by atoms with van der Waals surface area (Å²) in [5.41, 5.74) is 6.12. The minimum atomic E-state index is -2.26. The van der Waals surface area contributed by atoms with Gasteiger partial charge in [0.25, 0.3) is 5.69 Å². The standard InChI is InChI=1S/C51H44N4O14/c1-65-46(58)37(47(59)66-2)18-9-11-30-21-24-39-38(27-30)51(49(61)53(39)50(62)68-29-31-19-22-35(23-20-31)55(63)64)40(45(52)57)42-48(60)69-43(33-14-7-4-8-15-33)41(32-12-5-3-6-13-32)54(42)44(51)34-16-10-17-36(28-34)67-26-25-56/h3-8,10,12-17,19-24,27-28,37,40-44,56H,18,25-26,29H2,1-2H3,(H2,52,57)/t40-,41-,42-,43+,44+,51-/m0/s1. The summed E-state index contributed by atoms with van der Waals surface area (Å²) in [5, 5.41) is 21.1. The maximum atomic E-state index is 16.2. The van der Waals surface area contributed by atoms with Crippen molar-refractivity contribution in [3.05, 3.63) is 171 Å². The Labute approximate surface area is 394 Å². The maximum Gasteiger partial charge on any atom is 0.421 e. The van der Waals surface area contributed by atoms with E-state index in [4.69, 9.17) is 29.4 Å². The molecule has 1 spiro atoms. The van der Waals surface area contributed by atoms with Crippen LogP contribution in [0.5, 0.6) is 5.75 Å². The van der Waals surface area contributed by atoms with E-state index in [1.165, 1.54) is 42.5 Å². The summed E-state index contributed by atoms with van der Waals surface area (Å²) in [4.78, 5) is 98.7. The van der Waals surface area contributed by atoms with Crippen LogP contribution in [0.1, 0.15) is 58.0 Å². The van der Waals surface area contributed by atoms with Gasteiger partial charge in [-0.2, -0.15) is 0 Å². The van der Waals surface area contributed by atoms with E-state index in [1.807, 2.05) is 18.2 Å². The summed E-state index contributed by atoms with van der Waals surface area (Å²) in [6, 6.07) is 30.4. The van der Waals surface area contributed by atoms with Gasteiger partial charge < -0.3 is 34.5 Å². The topological polar surface area (TPSA) is 244 Å². The van der Waals surface area contributed by atoms with Crippen LogP contribution in [-0.4, -0.2) is 84.2 Å². The summed E-state index contributed by atoms with van der Waals surface area (Å²) in [6.45, 7) is -0.866. The Morgan fingerprint density at radius 3 is 2.12 bits per heavy atom. The van der Waals surface area contributed by atoms with Crippen molar-refractivity contribution in [3.8, 4) is 17.6 Å². The third kappa shape index (κ3) is 8.60. The third-order valence-electron chi connectivity index (χ3n) is 12.5. The number of fused-ring (bicyclic) bond motifs is 3. The highest BCUT2D eigenvalue weighted by Gasteiger charge is 2.75. The fraction of sp³-hybridized carbons (Fsp3) is 0.255. The van der Waals surface area contributed by atoms with Crippen LogP contribution in [-0.2, 0) is 54.9 Å². The van der Waals surface area contributed by atoms with Crippen LogP contribution >= 0.6 is 0 Å². The molecule has 8 rings (SSSR count). The molecular formula is C51H44N4O14. The molecule has 3 N–H and O–H groups in total. The molecule has 18 nitrogen and oxygen atoms in total. The highest BCUT2D eigenvalue weighted by molar-refractivity contribution is 6.23. The predicted octanol–water partition coefficient (Wildman–Crippen LogP) is 5.16. The molecule has 6 atom stereocenters. The number of carbonyl (C=O) groups is 6. The lowest BCUT2D eigenvalue weighted by Crippen LogP contribution is -2.55. The first-order valence-electron chi connectivity index (χ1n) is 21.6. The van der Waals surface area contributed by atoms with Crippen LogP contribution in [0.15, 0.2) is 127 Å². The molecule has 0 saturated carbocycles. The van der Waals surface area contributed by atoms with Crippen LogP contribution in [0.4, 0.5) is 16.2 Å². The number of cyclic esters (lactones) is 1. The number of nitrogens with two attached hydrogens (primary N) is 1. The molecule has 0 bridgehead atoms. The Morgan fingerprint density at radius 2 is 1.49 bits per heavy atom. The number of carbonyl (C=O) groups excluding carboxylic acids is 6. The number of nitro groups is 1. The lowest BCUT2D eigenvalue weighted by molar-refractivity contribution is -0.384. The largest absolute Gasteiger partial charge is 0.491 e. The molecule has 3 aliphatic rings. The summed E-state index contributed by atoms with van der Waals surface area (Å²) in [7, 11) is 2.22. The van der Waals surface area contributed by atoms with Crippen molar-refractivity contribution in [3.63, 3.8) is 0 Å². The van der Waals surface area contributed by atoms with Gasteiger partial charge in [0.15, 0.2) is 5.92 Å². The Hall–Kier alpha value is -8.40. The minimum absolute atomic E-state index is 0.0461. The number of morpholine rings is 1. The molecule has 0 radical (unpaired) electrons. The Morgan fingerprint density at radius 1 is 0.841 bits per heavy atom. The van der Waals surface area contributed by atoms with E-state index in [2.05, 4.69) is 11.8 Å². The van der Waals surface area contributed by atoms with Gasteiger partial charge in [0, 0.05) is 24.1 Å². The molecule has 18 heteroatoms. The lowest BCUT2D eigenvalue weighted by atomic mass is 9.65. The molecule has 2 fully saturated rings. The van der Waals surface area contributed by atoms with Crippen molar-refractivity contribution in [1.29, 1.82) is 0 Å². The van der Waals surface area contributed by atoms with Crippen molar-refractivity contribution in [1.82, 2.24) is 4.90 Å². The second kappa shape index (κ2) is 19.8. The zero-order chi connectivity index (χ0) is 49.0. The third-order valence-corrected chi connectivity index (χ3v) is 12.5. The number of hydrogen-bond donors (Lipinski definition) is 2. The molecule has 5 aromatic carbocycles. The van der Waals surface area contributed by atoms with E-state index in [0.717, 1.165) is 19.1 Å². The van der Waals surface area contributed by atoms with E-state index in [-0.39, 0.29) is 47.9 Å². The lowest BCUT2D eigenvalue weighted by Gasteiger charge is -2.46. The number of amides is 3. The Bertz CT molecular complexity index is 2870. The minimum Gasteiger partial charge on any atom is -0.491 e. The Balaban J connectivity index is 1.38. The van der Waals surface area contributed by atoms with Crippen molar-refractivity contribution >= 4 is 47.2 Å². The summed E-state index contributed by atoms with van der Waals surface area (Å²) >= 11 is 0. The van der Waals surface area contributed by atoms with Gasteiger partial charge in [-0.25, -0.2) is 9.69 Å². The van der Waals surface area contributed by atoms with Gasteiger partial charge in [0.1, 0.15) is 36.5 Å². The monoisotopic (exact) mass is 936 g/mol. The van der Waals surface area contributed by atoms with Crippen molar-refractivity contribution in [2.24, 2.45) is 17.6 Å². The summed E-state index contributed by atoms with van der Waals surface area (Å²) in [6.07, 6.45) is -2.55. The number of esters is 3. The van der Waals surface area contributed by atoms with Crippen LogP contribution in [0, 0.1) is 33.8 Å². The van der Waals surface area contributed by atoms with Crippen LogP contribution < -0.4 is 15.4 Å². The number of methoxy groups -OCH3 is 2. The fourth-order valence-corrected chi connectivity index (χ4v) is 9.66. The highest BCUT2D eigenvalue weighted by Crippen LogP contribution is 2.66. The van der Waals surface area contributed by atoms with Crippen LogP contribution in [0.3, 0.4) is 0 Å². The van der Waals surface area contributed by atoms with Crippen molar-refractivity contribution in [2.45, 2.75) is 42.7 Å². The molecule has 69 heavy (non-hydrogen) atoms. The number of ether oxygens (including phenoxy) is 5. The second-order valence-corrected chi connectivity index (χ2v) is 16.3. The first kappa shape index (κ1) is 47.1. The number of imide groups is 1. The van der Waals surface area contributed by atoms with Gasteiger partial charge in [0.05, 0.1) is 49.4 Å². The van der Waals surface area contributed by atoms with E-state index in [1.54, 1.807) is 71.6 Å². The van der Waals surface area contributed by atoms with E-state index in [0.29, 0.717) is 22.3 Å². The first-order valence-corrected chi connectivity index (χ1v) is 21.6. The number of non-ortho nitro benzene ring substituents is 1. The SMILES string of the molecule is COC(=O)C(CC#Cc1ccc2c(c1)[C@]1(C(=O)N2C(=O)OCc2ccc([N+](=O)[O-])cc2)[C@H](C(N)=O)[C@H]2C(=O)O[C@H](c3ccccc3)[C@H](c3ccccc3)N2[C@@H]1c1cccc(OCCO)c1)C(=O)OC.